The minimum atomic E-state index is 0.346. The molecule has 148 valence electrons. The monoisotopic (exact) mass is 384 g/mol. The quantitative estimate of drug-likeness (QED) is 0.394. The van der Waals surface area contributed by atoms with Gasteiger partial charge in [-0.25, -0.2) is 0 Å². The predicted octanol–water partition coefficient (Wildman–Crippen LogP) is 5.60. The van der Waals surface area contributed by atoms with Crippen molar-refractivity contribution in [2.75, 3.05) is 19.7 Å². The molecule has 0 saturated heterocycles. The van der Waals surface area contributed by atoms with Crippen LogP contribution < -0.4 is 10.1 Å². The van der Waals surface area contributed by atoms with Crippen LogP contribution in [0.2, 0.25) is 0 Å². The van der Waals surface area contributed by atoms with Crippen LogP contribution in [0, 0.1) is 5.92 Å². The summed E-state index contributed by atoms with van der Waals surface area (Å²) in [5.74, 6) is 1.71. The lowest BCUT2D eigenvalue weighted by Crippen LogP contribution is -2.29. The molecule has 1 aromatic heterocycles. The zero-order valence-corrected chi connectivity index (χ0v) is 16.8. The molecule has 0 radical (unpaired) electrons. The first kappa shape index (κ1) is 19.3. The van der Waals surface area contributed by atoms with E-state index in [0.717, 1.165) is 29.7 Å². The van der Waals surface area contributed by atoms with Gasteiger partial charge < -0.3 is 15.0 Å². The summed E-state index contributed by atoms with van der Waals surface area (Å²) in [6.45, 7) is 4.74. The fourth-order valence-corrected chi connectivity index (χ4v) is 3.75. The Morgan fingerprint density at radius 3 is 2.17 bits per heavy atom. The van der Waals surface area contributed by atoms with Crippen molar-refractivity contribution < 1.29 is 4.74 Å². The molecular weight excluding hydrogens is 356 g/mol. The highest BCUT2D eigenvalue weighted by atomic mass is 16.5. The lowest BCUT2D eigenvalue weighted by molar-refractivity contribution is 0.258. The van der Waals surface area contributed by atoms with Gasteiger partial charge in [-0.3, -0.25) is 0 Å². The second-order valence-electron chi connectivity index (χ2n) is 7.64. The van der Waals surface area contributed by atoms with Crippen LogP contribution in [0.3, 0.4) is 0 Å². The molecule has 0 fully saturated rings. The van der Waals surface area contributed by atoms with Gasteiger partial charge in [-0.05, 0) is 29.3 Å². The van der Waals surface area contributed by atoms with Crippen molar-refractivity contribution in [3.63, 3.8) is 0 Å². The van der Waals surface area contributed by atoms with Gasteiger partial charge in [0.2, 0.25) is 0 Å². The molecule has 2 N–H and O–H groups in total. The summed E-state index contributed by atoms with van der Waals surface area (Å²) in [7, 11) is 0. The first-order valence-electron chi connectivity index (χ1n) is 10.3. The van der Waals surface area contributed by atoms with Crippen LogP contribution in [-0.4, -0.2) is 24.7 Å². The normalized spacial score (nSPS) is 12.3. The molecule has 1 atom stereocenters. The van der Waals surface area contributed by atoms with Crippen LogP contribution in [0.5, 0.6) is 5.75 Å². The second kappa shape index (κ2) is 9.44. The molecule has 0 unspecified atom stereocenters. The minimum absolute atomic E-state index is 0.346. The standard InChI is InChI=1S/C26H28N2O/c1-20(19-29-26-14-8-13-25-23(26)15-16-28-25)17-27-18-24(21-9-4-2-5-10-21)22-11-6-3-7-12-22/h2-16,20,24,27-28H,17-19H2,1H3/t20-/m1/s1. The van der Waals surface area contributed by atoms with E-state index < -0.39 is 0 Å². The number of aromatic nitrogens is 1. The maximum absolute atomic E-state index is 6.11. The maximum Gasteiger partial charge on any atom is 0.128 e. The molecule has 0 aliphatic carbocycles. The molecule has 4 aromatic rings. The van der Waals surface area contributed by atoms with E-state index in [9.17, 15) is 0 Å². The number of hydrogen-bond donors (Lipinski definition) is 2. The average Bonchev–Trinajstić information content (AvgIpc) is 3.26. The van der Waals surface area contributed by atoms with E-state index in [-0.39, 0.29) is 0 Å². The first-order chi connectivity index (χ1) is 14.3. The molecule has 29 heavy (non-hydrogen) atoms. The third kappa shape index (κ3) is 4.87. The minimum Gasteiger partial charge on any atom is -0.493 e. The van der Waals surface area contributed by atoms with Gasteiger partial charge in [-0.1, -0.05) is 73.7 Å². The highest BCUT2D eigenvalue weighted by Gasteiger charge is 2.14. The Balaban J connectivity index is 1.33. The number of benzene rings is 3. The van der Waals surface area contributed by atoms with E-state index in [1.807, 2.05) is 18.3 Å². The molecule has 0 aliphatic heterocycles. The Bertz CT molecular complexity index is 971. The molecule has 0 saturated carbocycles. The topological polar surface area (TPSA) is 37.0 Å². The number of H-pyrrole nitrogens is 1. The summed E-state index contributed by atoms with van der Waals surface area (Å²) in [6.07, 6.45) is 1.95. The Kier molecular flexibility index (Phi) is 6.28. The zero-order valence-electron chi connectivity index (χ0n) is 16.8. The van der Waals surface area contributed by atoms with Gasteiger partial charge in [0.15, 0.2) is 0 Å². The summed E-state index contributed by atoms with van der Waals surface area (Å²) in [6, 6.07) is 29.7. The average molecular weight is 385 g/mol. The number of ether oxygens (including phenoxy) is 1. The van der Waals surface area contributed by atoms with Crippen LogP contribution in [0.1, 0.15) is 24.0 Å². The summed E-state index contributed by atoms with van der Waals surface area (Å²) in [5.41, 5.74) is 3.80. The van der Waals surface area contributed by atoms with Crippen LogP contribution in [0.4, 0.5) is 0 Å². The number of hydrogen-bond acceptors (Lipinski definition) is 2. The van der Waals surface area contributed by atoms with E-state index in [1.165, 1.54) is 11.1 Å². The van der Waals surface area contributed by atoms with Crippen LogP contribution in [0.25, 0.3) is 10.9 Å². The highest BCUT2D eigenvalue weighted by Crippen LogP contribution is 2.25. The third-order valence-electron chi connectivity index (χ3n) is 5.32. The maximum atomic E-state index is 6.11. The van der Waals surface area contributed by atoms with Gasteiger partial charge in [0, 0.05) is 42.0 Å². The second-order valence-corrected chi connectivity index (χ2v) is 7.64. The molecule has 0 spiro atoms. The summed E-state index contributed by atoms with van der Waals surface area (Å²) >= 11 is 0. The molecule has 3 heteroatoms. The molecule has 1 heterocycles. The largest absolute Gasteiger partial charge is 0.493 e. The van der Waals surface area contributed by atoms with E-state index in [2.05, 4.69) is 90.0 Å². The van der Waals surface area contributed by atoms with E-state index >= 15 is 0 Å². The fourth-order valence-electron chi connectivity index (χ4n) is 3.75. The molecule has 4 rings (SSSR count). The summed E-state index contributed by atoms with van der Waals surface area (Å²) in [5, 5.41) is 4.80. The van der Waals surface area contributed by atoms with Gasteiger partial charge in [0.05, 0.1) is 6.61 Å². The Morgan fingerprint density at radius 2 is 1.48 bits per heavy atom. The van der Waals surface area contributed by atoms with Gasteiger partial charge in [0.1, 0.15) is 5.75 Å². The highest BCUT2D eigenvalue weighted by molar-refractivity contribution is 5.85. The summed E-state index contributed by atoms with van der Waals surface area (Å²) in [4.78, 5) is 3.23. The SMILES string of the molecule is C[C@H](CNCC(c1ccccc1)c1ccccc1)COc1cccc2[nH]ccc12. The van der Waals surface area contributed by atoms with Crippen molar-refractivity contribution >= 4 is 10.9 Å². The van der Waals surface area contributed by atoms with E-state index in [4.69, 9.17) is 4.74 Å². The van der Waals surface area contributed by atoms with Crippen LogP contribution >= 0.6 is 0 Å². The zero-order chi connectivity index (χ0) is 19.9. The third-order valence-corrected chi connectivity index (χ3v) is 5.32. The predicted molar refractivity (Wildman–Crippen MR) is 121 cm³/mol. The van der Waals surface area contributed by atoms with Crippen molar-refractivity contribution in [2.45, 2.75) is 12.8 Å². The van der Waals surface area contributed by atoms with Gasteiger partial charge in [-0.15, -0.1) is 0 Å². The van der Waals surface area contributed by atoms with Gasteiger partial charge >= 0.3 is 0 Å². The lowest BCUT2D eigenvalue weighted by Gasteiger charge is -2.21. The number of rotatable bonds is 9. The Labute approximate surface area is 172 Å². The number of nitrogens with one attached hydrogen (secondary N) is 2. The molecule has 3 aromatic carbocycles. The number of aromatic amines is 1. The van der Waals surface area contributed by atoms with Crippen LogP contribution in [-0.2, 0) is 0 Å². The van der Waals surface area contributed by atoms with Crippen molar-refractivity contribution in [3.8, 4) is 5.75 Å². The Hall–Kier alpha value is -3.04. The fraction of sp³-hybridized carbons (Fsp3) is 0.231. The smallest absolute Gasteiger partial charge is 0.128 e. The van der Waals surface area contributed by atoms with Crippen molar-refractivity contribution in [1.82, 2.24) is 10.3 Å². The molecular formula is C26H28N2O. The van der Waals surface area contributed by atoms with Crippen molar-refractivity contribution in [3.05, 3.63) is 102 Å². The number of fused-ring (bicyclic) bond motifs is 1. The van der Waals surface area contributed by atoms with Crippen LogP contribution in [0.15, 0.2) is 91.1 Å². The Morgan fingerprint density at radius 1 is 0.793 bits per heavy atom. The van der Waals surface area contributed by atoms with Gasteiger partial charge in [-0.2, -0.15) is 0 Å². The van der Waals surface area contributed by atoms with E-state index in [1.54, 1.807) is 0 Å². The van der Waals surface area contributed by atoms with Crippen molar-refractivity contribution in [2.24, 2.45) is 5.92 Å². The van der Waals surface area contributed by atoms with Crippen molar-refractivity contribution in [1.29, 1.82) is 0 Å². The molecule has 0 aliphatic rings. The lowest BCUT2D eigenvalue weighted by atomic mass is 9.91. The molecule has 3 nitrogen and oxygen atoms in total. The summed E-state index contributed by atoms with van der Waals surface area (Å²) < 4.78 is 6.11. The first-order valence-corrected chi connectivity index (χ1v) is 10.3. The van der Waals surface area contributed by atoms with E-state index in [0.29, 0.717) is 18.4 Å². The molecule has 0 amide bonds. The molecule has 0 bridgehead atoms. The van der Waals surface area contributed by atoms with Gasteiger partial charge in [0.25, 0.3) is 0 Å².